The smallest absolute Gasteiger partial charge is 0.249 e. The summed E-state index contributed by atoms with van der Waals surface area (Å²) in [6, 6.07) is 0. The van der Waals surface area contributed by atoms with Gasteiger partial charge >= 0.3 is 0 Å². The fourth-order valence-corrected chi connectivity index (χ4v) is 0.937. The van der Waals surface area contributed by atoms with E-state index in [9.17, 15) is 4.79 Å². The Balaban J connectivity index is 4.30. The van der Waals surface area contributed by atoms with Crippen LogP contribution in [-0.2, 0) is 4.79 Å². The van der Waals surface area contributed by atoms with Gasteiger partial charge in [0.25, 0.3) is 0 Å². The zero-order valence-corrected chi connectivity index (χ0v) is 8.77. The van der Waals surface area contributed by atoms with E-state index in [1.54, 1.807) is 4.90 Å². The third kappa shape index (κ3) is 3.07. The van der Waals surface area contributed by atoms with Crippen molar-refractivity contribution >= 4 is 5.91 Å². The van der Waals surface area contributed by atoms with E-state index in [2.05, 4.69) is 6.92 Å². The number of nitrogens with zero attached hydrogens (tertiary/aromatic N) is 1. The fraction of sp³-hybridized carbons (Fsp3) is 0.700. The Kier molecular flexibility index (Phi) is 4.64. The SMILES string of the molecule is CCCN(C)C(=O)C(C)=C(C)C. The van der Waals surface area contributed by atoms with Gasteiger partial charge in [0.2, 0.25) is 5.91 Å². The number of carbonyl (C=O) groups is 1. The minimum atomic E-state index is 0.150. The molecule has 0 aliphatic carbocycles. The van der Waals surface area contributed by atoms with Gasteiger partial charge in [-0.3, -0.25) is 4.79 Å². The Bertz CT molecular complexity index is 190. The van der Waals surface area contributed by atoms with Gasteiger partial charge in [0, 0.05) is 19.2 Å². The van der Waals surface area contributed by atoms with Crippen LogP contribution < -0.4 is 0 Å². The van der Waals surface area contributed by atoms with E-state index in [1.165, 1.54) is 0 Å². The predicted octanol–water partition coefficient (Wildman–Crippen LogP) is 2.21. The highest BCUT2D eigenvalue weighted by atomic mass is 16.2. The highest BCUT2D eigenvalue weighted by Gasteiger charge is 2.09. The van der Waals surface area contributed by atoms with E-state index >= 15 is 0 Å². The van der Waals surface area contributed by atoms with Crippen molar-refractivity contribution < 1.29 is 4.79 Å². The molecule has 0 N–H and O–H groups in total. The number of hydrogen-bond acceptors (Lipinski definition) is 1. The van der Waals surface area contributed by atoms with Gasteiger partial charge in [-0.2, -0.15) is 0 Å². The zero-order valence-electron chi connectivity index (χ0n) is 8.77. The first kappa shape index (κ1) is 11.2. The number of likely N-dealkylation sites (N-methyl/N-ethyl adjacent to an activating group) is 1. The van der Waals surface area contributed by atoms with Crippen LogP contribution in [-0.4, -0.2) is 24.4 Å². The molecule has 0 heterocycles. The minimum Gasteiger partial charge on any atom is -0.342 e. The zero-order chi connectivity index (χ0) is 9.72. The van der Waals surface area contributed by atoms with Gasteiger partial charge in [-0.15, -0.1) is 0 Å². The first-order valence-corrected chi connectivity index (χ1v) is 4.40. The molecule has 0 saturated heterocycles. The number of rotatable bonds is 3. The van der Waals surface area contributed by atoms with Crippen molar-refractivity contribution in [3.63, 3.8) is 0 Å². The van der Waals surface area contributed by atoms with Crippen molar-refractivity contribution in [1.29, 1.82) is 0 Å². The van der Waals surface area contributed by atoms with Crippen molar-refractivity contribution in [3.05, 3.63) is 11.1 Å². The van der Waals surface area contributed by atoms with Gasteiger partial charge in [0.15, 0.2) is 0 Å². The van der Waals surface area contributed by atoms with Gasteiger partial charge in [-0.25, -0.2) is 0 Å². The number of allylic oxidation sites excluding steroid dienone is 1. The molecule has 0 aliphatic heterocycles. The molecule has 0 bridgehead atoms. The van der Waals surface area contributed by atoms with E-state index in [0.29, 0.717) is 0 Å². The molecule has 0 rings (SSSR count). The summed E-state index contributed by atoms with van der Waals surface area (Å²) >= 11 is 0. The van der Waals surface area contributed by atoms with Crippen LogP contribution in [0.2, 0.25) is 0 Å². The molecule has 0 fully saturated rings. The van der Waals surface area contributed by atoms with Crippen LogP contribution in [0, 0.1) is 0 Å². The Morgan fingerprint density at radius 2 is 1.75 bits per heavy atom. The summed E-state index contributed by atoms with van der Waals surface area (Å²) in [5, 5.41) is 0. The summed E-state index contributed by atoms with van der Waals surface area (Å²) in [7, 11) is 1.85. The Labute approximate surface area is 75.3 Å². The second-order valence-corrected chi connectivity index (χ2v) is 3.35. The van der Waals surface area contributed by atoms with Gasteiger partial charge in [0.1, 0.15) is 0 Å². The third-order valence-corrected chi connectivity index (χ3v) is 1.98. The first-order valence-electron chi connectivity index (χ1n) is 4.40. The van der Waals surface area contributed by atoms with E-state index in [0.717, 1.165) is 24.1 Å². The second kappa shape index (κ2) is 4.96. The van der Waals surface area contributed by atoms with E-state index in [-0.39, 0.29) is 5.91 Å². The molecule has 2 heteroatoms. The molecule has 0 aromatic heterocycles. The standard InChI is InChI=1S/C10H19NO/c1-6-7-11(5)10(12)9(4)8(2)3/h6-7H2,1-5H3. The molecule has 0 aliphatic rings. The number of hydrogen-bond donors (Lipinski definition) is 0. The molecule has 70 valence electrons. The summed E-state index contributed by atoms with van der Waals surface area (Å²) in [6.07, 6.45) is 1.01. The average molecular weight is 169 g/mol. The lowest BCUT2D eigenvalue weighted by atomic mass is 10.1. The normalized spacial score (nSPS) is 9.42. The van der Waals surface area contributed by atoms with Crippen LogP contribution in [0.1, 0.15) is 34.1 Å². The summed E-state index contributed by atoms with van der Waals surface area (Å²) in [6.45, 7) is 8.72. The predicted molar refractivity (Wildman–Crippen MR) is 52.0 cm³/mol. The van der Waals surface area contributed by atoms with Gasteiger partial charge in [-0.05, 0) is 27.2 Å². The largest absolute Gasteiger partial charge is 0.342 e. The quantitative estimate of drug-likeness (QED) is 0.593. The van der Waals surface area contributed by atoms with Crippen LogP contribution >= 0.6 is 0 Å². The minimum absolute atomic E-state index is 0.150. The fourth-order valence-electron chi connectivity index (χ4n) is 0.937. The molecule has 0 aromatic rings. The lowest BCUT2D eigenvalue weighted by molar-refractivity contribution is -0.125. The summed E-state index contributed by atoms with van der Waals surface area (Å²) in [5.41, 5.74) is 1.97. The van der Waals surface area contributed by atoms with Crippen LogP contribution in [0.5, 0.6) is 0 Å². The lowest BCUT2D eigenvalue weighted by Gasteiger charge is -2.16. The molecule has 1 amide bonds. The third-order valence-electron chi connectivity index (χ3n) is 1.98. The molecule has 0 aromatic carbocycles. The molecular formula is C10H19NO. The number of carbonyl (C=O) groups excluding carboxylic acids is 1. The molecule has 0 atom stereocenters. The van der Waals surface area contributed by atoms with Crippen molar-refractivity contribution in [2.75, 3.05) is 13.6 Å². The molecule has 0 unspecified atom stereocenters. The highest BCUT2D eigenvalue weighted by Crippen LogP contribution is 2.05. The topological polar surface area (TPSA) is 20.3 Å². The van der Waals surface area contributed by atoms with Gasteiger partial charge in [0.05, 0.1) is 0 Å². The van der Waals surface area contributed by atoms with Gasteiger partial charge < -0.3 is 4.90 Å². The maximum Gasteiger partial charge on any atom is 0.249 e. The molecule has 0 radical (unpaired) electrons. The molecular weight excluding hydrogens is 150 g/mol. The molecule has 2 nitrogen and oxygen atoms in total. The van der Waals surface area contributed by atoms with Crippen molar-refractivity contribution in [2.45, 2.75) is 34.1 Å². The first-order chi connectivity index (χ1) is 5.50. The maximum absolute atomic E-state index is 11.5. The summed E-state index contributed by atoms with van der Waals surface area (Å²) < 4.78 is 0. The summed E-state index contributed by atoms with van der Waals surface area (Å²) in [5.74, 6) is 0.150. The van der Waals surface area contributed by atoms with Gasteiger partial charge in [-0.1, -0.05) is 12.5 Å². The van der Waals surface area contributed by atoms with Crippen LogP contribution in [0.3, 0.4) is 0 Å². The Hall–Kier alpha value is -0.790. The van der Waals surface area contributed by atoms with E-state index in [4.69, 9.17) is 0 Å². The van der Waals surface area contributed by atoms with E-state index in [1.807, 2.05) is 27.8 Å². The second-order valence-electron chi connectivity index (χ2n) is 3.35. The van der Waals surface area contributed by atoms with Crippen molar-refractivity contribution in [1.82, 2.24) is 4.90 Å². The molecule has 0 spiro atoms. The van der Waals surface area contributed by atoms with E-state index < -0.39 is 0 Å². The van der Waals surface area contributed by atoms with Crippen molar-refractivity contribution in [2.24, 2.45) is 0 Å². The molecule has 0 saturated carbocycles. The van der Waals surface area contributed by atoms with Crippen LogP contribution in [0.4, 0.5) is 0 Å². The summed E-state index contributed by atoms with van der Waals surface area (Å²) in [4.78, 5) is 13.3. The lowest BCUT2D eigenvalue weighted by Crippen LogP contribution is -2.28. The van der Waals surface area contributed by atoms with Crippen LogP contribution in [0.15, 0.2) is 11.1 Å². The van der Waals surface area contributed by atoms with Crippen LogP contribution in [0.25, 0.3) is 0 Å². The maximum atomic E-state index is 11.5. The molecule has 12 heavy (non-hydrogen) atoms. The number of amides is 1. The average Bonchev–Trinajstić information content (AvgIpc) is 2.02. The Morgan fingerprint density at radius 3 is 2.08 bits per heavy atom. The monoisotopic (exact) mass is 169 g/mol. The van der Waals surface area contributed by atoms with Crippen molar-refractivity contribution in [3.8, 4) is 0 Å². The highest BCUT2D eigenvalue weighted by molar-refractivity contribution is 5.93. The Morgan fingerprint density at radius 1 is 1.25 bits per heavy atom.